The zero-order valence-corrected chi connectivity index (χ0v) is 26.1. The fourth-order valence-electron chi connectivity index (χ4n) is 4.96. The van der Waals surface area contributed by atoms with Gasteiger partial charge < -0.3 is 44.1 Å². The van der Waals surface area contributed by atoms with E-state index in [1.54, 1.807) is 0 Å². The largest absolute Gasteiger partial charge is 0.508 e. The SMILES string of the molecule is C[C@@H]1CC(=O)O[C@H](C)Cc2cc(O)cc(O)c2C(=O)O[C@H](C)CC(=O)O[C@H](C)Cc2cc(O)cc(O)c2C(=O)O[C@H](C)CC(=O)O1. The molecule has 1 heterocycles. The van der Waals surface area contributed by atoms with Gasteiger partial charge in [0.25, 0.3) is 0 Å². The number of esters is 5. The number of phenols is 4. The number of benzene rings is 2. The van der Waals surface area contributed by atoms with Crippen molar-refractivity contribution < 1.29 is 68.1 Å². The number of hydrogen-bond acceptors (Lipinski definition) is 14. The van der Waals surface area contributed by atoms with Crippen LogP contribution in [0.3, 0.4) is 0 Å². The van der Waals surface area contributed by atoms with E-state index in [1.165, 1.54) is 46.8 Å². The van der Waals surface area contributed by atoms with Gasteiger partial charge in [-0.3, -0.25) is 14.4 Å². The Bertz CT molecular complexity index is 1480. The van der Waals surface area contributed by atoms with Gasteiger partial charge in [0.2, 0.25) is 0 Å². The van der Waals surface area contributed by atoms with Crippen LogP contribution in [0.5, 0.6) is 23.0 Å². The lowest BCUT2D eigenvalue weighted by Crippen LogP contribution is -2.27. The minimum Gasteiger partial charge on any atom is -0.508 e. The van der Waals surface area contributed by atoms with Crippen molar-refractivity contribution in [3.05, 3.63) is 46.5 Å². The van der Waals surface area contributed by atoms with Crippen molar-refractivity contribution in [3.63, 3.8) is 0 Å². The summed E-state index contributed by atoms with van der Waals surface area (Å²) < 4.78 is 26.7. The first kappa shape index (κ1) is 35.5. The predicted molar refractivity (Wildman–Crippen MR) is 157 cm³/mol. The zero-order valence-electron chi connectivity index (χ0n) is 26.1. The van der Waals surface area contributed by atoms with Gasteiger partial charge in [-0.15, -0.1) is 0 Å². The summed E-state index contributed by atoms with van der Waals surface area (Å²) in [6.45, 7) is 7.33. The molecule has 0 unspecified atom stereocenters. The number of ether oxygens (including phenoxy) is 5. The van der Waals surface area contributed by atoms with Gasteiger partial charge in [0.15, 0.2) is 0 Å². The molecule has 2 aromatic rings. The molecule has 4 N–H and O–H groups in total. The van der Waals surface area contributed by atoms with Crippen LogP contribution in [0, 0.1) is 0 Å². The van der Waals surface area contributed by atoms with Crippen LogP contribution in [-0.2, 0) is 50.9 Å². The molecule has 0 aromatic heterocycles. The van der Waals surface area contributed by atoms with E-state index in [0.29, 0.717) is 0 Å². The van der Waals surface area contributed by atoms with Crippen LogP contribution < -0.4 is 0 Å². The highest BCUT2D eigenvalue weighted by atomic mass is 16.6. The highest BCUT2D eigenvalue weighted by Crippen LogP contribution is 2.31. The lowest BCUT2D eigenvalue weighted by Gasteiger charge is -2.21. The summed E-state index contributed by atoms with van der Waals surface area (Å²) in [6, 6.07) is 4.26. The van der Waals surface area contributed by atoms with Crippen LogP contribution >= 0.6 is 0 Å². The molecule has 250 valence electrons. The van der Waals surface area contributed by atoms with E-state index in [4.69, 9.17) is 23.7 Å². The highest BCUT2D eigenvalue weighted by molar-refractivity contribution is 5.95. The zero-order chi connectivity index (χ0) is 34.3. The van der Waals surface area contributed by atoms with E-state index in [2.05, 4.69) is 0 Å². The maximum absolute atomic E-state index is 13.1. The molecule has 0 spiro atoms. The van der Waals surface area contributed by atoms with Gasteiger partial charge in [0.1, 0.15) is 64.6 Å². The molecule has 0 amide bonds. The van der Waals surface area contributed by atoms with Crippen LogP contribution in [0.1, 0.15) is 85.7 Å². The highest BCUT2D eigenvalue weighted by Gasteiger charge is 2.28. The molecule has 0 saturated carbocycles. The maximum atomic E-state index is 13.1. The Morgan fingerprint density at radius 3 is 1.07 bits per heavy atom. The second kappa shape index (κ2) is 15.3. The summed E-state index contributed by atoms with van der Waals surface area (Å²) in [6.07, 6.45) is -6.09. The summed E-state index contributed by atoms with van der Waals surface area (Å²) in [5.74, 6) is -6.26. The van der Waals surface area contributed by atoms with E-state index in [-0.39, 0.29) is 59.4 Å². The Morgan fingerprint density at radius 2 is 0.739 bits per heavy atom. The molecule has 0 fully saturated rings. The van der Waals surface area contributed by atoms with Crippen LogP contribution in [-0.4, -0.2) is 80.8 Å². The summed E-state index contributed by atoms with van der Waals surface area (Å²) >= 11 is 0. The second-order valence-electron chi connectivity index (χ2n) is 11.4. The van der Waals surface area contributed by atoms with Gasteiger partial charge in [-0.25, -0.2) is 9.59 Å². The quantitative estimate of drug-likeness (QED) is 0.239. The molecule has 0 bridgehead atoms. The van der Waals surface area contributed by atoms with Crippen molar-refractivity contribution in [1.29, 1.82) is 0 Å². The third kappa shape index (κ3) is 10.0. The monoisotopic (exact) mass is 646 g/mol. The second-order valence-corrected chi connectivity index (χ2v) is 11.4. The Hall–Kier alpha value is -5.01. The average molecular weight is 647 g/mol. The standard InChI is InChI=1S/C32H38O14/c1-15-6-20-11-22(33)13-24(35)29(20)31(40)45-18(4)9-27(38)43-16(2)7-21-12-23(34)14-25(36)30(21)32(41)46-19(5)10-28(39)44-17(3)8-26(37)42-15/h11-19,33-36H,6-10H2,1-5H3/t15-,16-,17-,18-,19-/m1/s1. The van der Waals surface area contributed by atoms with Gasteiger partial charge in [-0.1, -0.05) is 0 Å². The number of phenolic OH excluding ortho intramolecular Hbond substituents is 4. The molecule has 0 saturated heterocycles. The van der Waals surface area contributed by atoms with Crippen molar-refractivity contribution in [2.45, 2.75) is 97.2 Å². The molecule has 2 aromatic carbocycles. The molecule has 14 heteroatoms. The number of fused-ring (bicyclic) bond motifs is 2. The first-order valence-electron chi connectivity index (χ1n) is 14.6. The third-order valence-corrected chi connectivity index (χ3v) is 6.77. The van der Waals surface area contributed by atoms with Crippen LogP contribution in [0.2, 0.25) is 0 Å². The molecule has 14 nitrogen and oxygen atoms in total. The van der Waals surface area contributed by atoms with Crippen molar-refractivity contribution in [2.75, 3.05) is 0 Å². The van der Waals surface area contributed by atoms with Crippen molar-refractivity contribution in [1.82, 2.24) is 0 Å². The van der Waals surface area contributed by atoms with Gasteiger partial charge in [0.05, 0.1) is 19.3 Å². The van der Waals surface area contributed by atoms with Crippen molar-refractivity contribution >= 4 is 29.8 Å². The van der Waals surface area contributed by atoms with E-state index in [1.807, 2.05) is 0 Å². The van der Waals surface area contributed by atoms with E-state index < -0.39 is 78.3 Å². The summed E-state index contributed by atoms with van der Waals surface area (Å²) in [4.78, 5) is 63.8. The minimum absolute atomic E-state index is 0.0863. The molecule has 0 radical (unpaired) electrons. The first-order valence-corrected chi connectivity index (χ1v) is 14.6. The Morgan fingerprint density at radius 1 is 0.457 bits per heavy atom. The Kier molecular flexibility index (Phi) is 11.8. The molecule has 3 rings (SSSR count). The Balaban J connectivity index is 1.90. The fourth-order valence-corrected chi connectivity index (χ4v) is 4.96. The lowest BCUT2D eigenvalue weighted by molar-refractivity contribution is -0.157. The lowest BCUT2D eigenvalue weighted by atomic mass is 10.00. The van der Waals surface area contributed by atoms with E-state index in [9.17, 15) is 44.4 Å². The molecule has 5 atom stereocenters. The molecular formula is C32H38O14. The number of hydrogen-bond donors (Lipinski definition) is 4. The topological polar surface area (TPSA) is 212 Å². The number of carbonyl (C=O) groups is 5. The first-order chi connectivity index (χ1) is 21.5. The summed E-state index contributed by atoms with van der Waals surface area (Å²) in [5.41, 5.74) is -0.423. The molecule has 1 aliphatic heterocycles. The van der Waals surface area contributed by atoms with Gasteiger partial charge in [-0.05, 0) is 57.9 Å². The maximum Gasteiger partial charge on any atom is 0.342 e. The molecule has 46 heavy (non-hydrogen) atoms. The van der Waals surface area contributed by atoms with Gasteiger partial charge in [-0.2, -0.15) is 0 Å². The van der Waals surface area contributed by atoms with E-state index in [0.717, 1.165) is 12.1 Å². The molecular weight excluding hydrogens is 608 g/mol. The molecule has 1 aliphatic rings. The fraction of sp³-hybridized carbons (Fsp3) is 0.469. The van der Waals surface area contributed by atoms with Crippen molar-refractivity contribution in [3.8, 4) is 23.0 Å². The van der Waals surface area contributed by atoms with Crippen LogP contribution in [0.15, 0.2) is 24.3 Å². The van der Waals surface area contributed by atoms with E-state index >= 15 is 0 Å². The number of rotatable bonds is 0. The Labute approximate surface area is 264 Å². The summed E-state index contributed by atoms with van der Waals surface area (Å²) in [7, 11) is 0. The third-order valence-electron chi connectivity index (χ3n) is 6.77. The predicted octanol–water partition coefficient (Wildman–Crippen LogP) is 3.36. The minimum atomic E-state index is -1.03. The normalized spacial score (nSPS) is 24.5. The number of carbonyl (C=O) groups excluding carboxylic acids is 5. The smallest absolute Gasteiger partial charge is 0.342 e. The number of cyclic esters (lactones) is 5. The molecule has 0 aliphatic carbocycles. The van der Waals surface area contributed by atoms with Crippen LogP contribution in [0.25, 0.3) is 0 Å². The average Bonchev–Trinajstić information content (AvgIpc) is 2.86. The van der Waals surface area contributed by atoms with Gasteiger partial charge in [0, 0.05) is 25.0 Å². The number of aromatic hydroxyl groups is 4. The van der Waals surface area contributed by atoms with Gasteiger partial charge >= 0.3 is 29.8 Å². The van der Waals surface area contributed by atoms with Crippen LogP contribution in [0.4, 0.5) is 0 Å². The van der Waals surface area contributed by atoms with Crippen molar-refractivity contribution in [2.24, 2.45) is 0 Å². The summed E-state index contributed by atoms with van der Waals surface area (Å²) in [5, 5.41) is 41.0.